The Hall–Kier alpha value is -1.76. The number of carbonyl (C=O) groups excluding carboxylic acids is 1. The van der Waals surface area contributed by atoms with Crippen LogP contribution in [0.3, 0.4) is 0 Å². The van der Waals surface area contributed by atoms with Crippen molar-refractivity contribution in [3.05, 3.63) is 18.4 Å². The van der Waals surface area contributed by atoms with Crippen molar-refractivity contribution in [1.29, 1.82) is 0 Å². The fourth-order valence-electron chi connectivity index (χ4n) is 1.65. The van der Waals surface area contributed by atoms with Crippen LogP contribution in [-0.2, 0) is 11.8 Å². The van der Waals surface area contributed by atoms with E-state index in [1.165, 1.54) is 11.8 Å². The van der Waals surface area contributed by atoms with E-state index in [0.29, 0.717) is 28.4 Å². The molecular weight excluding hydrogens is 288 g/mol. The first-order chi connectivity index (χ1) is 9.99. The molecule has 1 amide bonds. The van der Waals surface area contributed by atoms with Crippen LogP contribution in [0, 0.1) is 5.92 Å². The van der Waals surface area contributed by atoms with E-state index in [2.05, 4.69) is 29.4 Å². The van der Waals surface area contributed by atoms with E-state index in [-0.39, 0.29) is 11.9 Å². The first-order valence-corrected chi connectivity index (χ1v) is 7.83. The minimum absolute atomic E-state index is 0.00347. The van der Waals surface area contributed by atoms with Crippen molar-refractivity contribution in [2.45, 2.75) is 32.0 Å². The van der Waals surface area contributed by atoms with E-state index in [4.69, 9.17) is 4.42 Å². The maximum atomic E-state index is 11.9. The van der Waals surface area contributed by atoms with Gasteiger partial charge in [0.25, 0.3) is 0 Å². The third kappa shape index (κ3) is 3.87. The van der Waals surface area contributed by atoms with Crippen molar-refractivity contribution in [1.82, 2.24) is 20.1 Å². The van der Waals surface area contributed by atoms with Crippen LogP contribution in [0.1, 0.15) is 20.8 Å². The average molecular weight is 308 g/mol. The number of rotatable bonds is 6. The van der Waals surface area contributed by atoms with Gasteiger partial charge in [0, 0.05) is 13.1 Å². The van der Waals surface area contributed by atoms with Gasteiger partial charge in [-0.3, -0.25) is 4.79 Å². The third-order valence-electron chi connectivity index (χ3n) is 3.30. The Balaban J connectivity index is 1.94. The number of nitrogens with one attached hydrogen (secondary N) is 1. The van der Waals surface area contributed by atoms with E-state index in [1.54, 1.807) is 12.3 Å². The van der Waals surface area contributed by atoms with E-state index < -0.39 is 0 Å². The molecule has 0 aliphatic heterocycles. The molecule has 2 rings (SSSR count). The predicted octanol–water partition coefficient (Wildman–Crippen LogP) is 2.33. The van der Waals surface area contributed by atoms with Crippen LogP contribution in [-0.4, -0.2) is 32.5 Å². The van der Waals surface area contributed by atoms with E-state index >= 15 is 0 Å². The van der Waals surface area contributed by atoms with Gasteiger partial charge in [0.1, 0.15) is 0 Å². The standard InChI is InChI=1S/C14H20N4O2S/c1-9(2)10(3)15-12(19)8-21-14-17-16-13(18(14)4)11-6-5-7-20-11/h5-7,9-10H,8H2,1-4H3,(H,15,19)/t10-/m1/s1. The van der Waals surface area contributed by atoms with Crippen molar-refractivity contribution in [2.75, 3.05) is 5.75 Å². The van der Waals surface area contributed by atoms with Crippen LogP contribution in [0.2, 0.25) is 0 Å². The van der Waals surface area contributed by atoms with E-state index in [1.807, 2.05) is 24.6 Å². The molecule has 2 heterocycles. The molecule has 0 aliphatic rings. The summed E-state index contributed by atoms with van der Waals surface area (Å²) >= 11 is 1.36. The lowest BCUT2D eigenvalue weighted by atomic mass is 10.1. The molecule has 0 radical (unpaired) electrons. The van der Waals surface area contributed by atoms with E-state index in [9.17, 15) is 4.79 Å². The summed E-state index contributed by atoms with van der Waals surface area (Å²) in [6, 6.07) is 3.80. The number of carbonyl (C=O) groups is 1. The molecule has 1 N–H and O–H groups in total. The van der Waals surface area contributed by atoms with Gasteiger partial charge in [0.05, 0.1) is 12.0 Å². The zero-order valence-corrected chi connectivity index (χ0v) is 13.5. The molecule has 0 saturated carbocycles. The van der Waals surface area contributed by atoms with Crippen LogP contribution >= 0.6 is 11.8 Å². The summed E-state index contributed by atoms with van der Waals surface area (Å²) in [5.41, 5.74) is 0. The molecule has 2 aromatic heterocycles. The number of thioether (sulfide) groups is 1. The highest BCUT2D eigenvalue weighted by Gasteiger charge is 2.15. The maximum Gasteiger partial charge on any atom is 0.230 e. The molecule has 6 nitrogen and oxygen atoms in total. The summed E-state index contributed by atoms with van der Waals surface area (Å²) in [5.74, 6) is 2.05. The van der Waals surface area contributed by atoms with Crippen LogP contribution < -0.4 is 5.32 Å². The van der Waals surface area contributed by atoms with Crippen LogP contribution in [0.25, 0.3) is 11.6 Å². The lowest BCUT2D eigenvalue weighted by Crippen LogP contribution is -2.37. The smallest absolute Gasteiger partial charge is 0.230 e. The van der Waals surface area contributed by atoms with Gasteiger partial charge < -0.3 is 14.3 Å². The van der Waals surface area contributed by atoms with Crippen molar-refractivity contribution in [2.24, 2.45) is 13.0 Å². The minimum Gasteiger partial charge on any atom is -0.461 e. The second kappa shape index (κ2) is 6.80. The Morgan fingerprint density at radius 2 is 2.19 bits per heavy atom. The SMILES string of the molecule is CC(C)[C@@H](C)NC(=O)CSc1nnc(-c2ccco2)n1C. The Morgan fingerprint density at radius 3 is 2.81 bits per heavy atom. The second-order valence-corrected chi connectivity index (χ2v) is 6.17. The second-order valence-electron chi connectivity index (χ2n) is 5.23. The van der Waals surface area contributed by atoms with Gasteiger partial charge in [-0.1, -0.05) is 25.6 Å². The molecule has 114 valence electrons. The molecule has 1 atom stereocenters. The topological polar surface area (TPSA) is 73.0 Å². The zero-order chi connectivity index (χ0) is 15.4. The summed E-state index contributed by atoms with van der Waals surface area (Å²) in [4.78, 5) is 11.9. The Kier molecular flexibility index (Phi) is 5.06. The molecule has 0 aromatic carbocycles. The number of nitrogens with zero attached hydrogens (tertiary/aromatic N) is 3. The molecule has 2 aromatic rings. The molecular formula is C14H20N4O2S. The monoisotopic (exact) mass is 308 g/mol. The molecule has 0 fully saturated rings. The molecule has 7 heteroatoms. The Bertz CT molecular complexity index is 592. The summed E-state index contributed by atoms with van der Waals surface area (Å²) in [6.45, 7) is 6.16. The number of amides is 1. The van der Waals surface area contributed by atoms with Crippen LogP contribution in [0.5, 0.6) is 0 Å². The lowest BCUT2D eigenvalue weighted by molar-refractivity contribution is -0.119. The normalized spacial score (nSPS) is 12.6. The summed E-state index contributed by atoms with van der Waals surface area (Å²) < 4.78 is 7.13. The quantitative estimate of drug-likeness (QED) is 0.829. The summed E-state index contributed by atoms with van der Waals surface area (Å²) in [6.07, 6.45) is 1.59. The molecule has 0 aliphatic carbocycles. The molecule has 0 unspecified atom stereocenters. The largest absolute Gasteiger partial charge is 0.461 e. The number of furan rings is 1. The van der Waals surface area contributed by atoms with Gasteiger partial charge in [-0.2, -0.15) is 0 Å². The third-order valence-corrected chi connectivity index (χ3v) is 4.32. The average Bonchev–Trinajstić information content (AvgIpc) is 3.05. The van der Waals surface area contributed by atoms with Crippen molar-refractivity contribution in [3.63, 3.8) is 0 Å². The first-order valence-electron chi connectivity index (χ1n) is 6.84. The molecule has 0 spiro atoms. The number of aromatic nitrogens is 3. The van der Waals surface area contributed by atoms with Crippen molar-refractivity contribution in [3.8, 4) is 11.6 Å². The van der Waals surface area contributed by atoms with Gasteiger partial charge in [-0.05, 0) is 25.0 Å². The zero-order valence-electron chi connectivity index (χ0n) is 12.7. The van der Waals surface area contributed by atoms with Gasteiger partial charge in [0.15, 0.2) is 16.7 Å². The first kappa shape index (κ1) is 15.6. The van der Waals surface area contributed by atoms with Gasteiger partial charge in [0.2, 0.25) is 5.91 Å². The maximum absolute atomic E-state index is 11.9. The Labute approximate surface area is 128 Å². The van der Waals surface area contributed by atoms with Crippen LogP contribution in [0.4, 0.5) is 0 Å². The van der Waals surface area contributed by atoms with Crippen molar-refractivity contribution < 1.29 is 9.21 Å². The van der Waals surface area contributed by atoms with Crippen LogP contribution in [0.15, 0.2) is 28.0 Å². The summed E-state index contributed by atoms with van der Waals surface area (Å²) in [5, 5.41) is 11.8. The highest BCUT2D eigenvalue weighted by molar-refractivity contribution is 7.99. The van der Waals surface area contributed by atoms with E-state index in [0.717, 1.165) is 0 Å². The fraction of sp³-hybridized carbons (Fsp3) is 0.500. The number of hydrogen-bond acceptors (Lipinski definition) is 5. The van der Waals surface area contributed by atoms with Gasteiger partial charge >= 0.3 is 0 Å². The highest BCUT2D eigenvalue weighted by atomic mass is 32.2. The van der Waals surface area contributed by atoms with Gasteiger partial charge in [-0.25, -0.2) is 0 Å². The Morgan fingerprint density at radius 1 is 1.43 bits per heavy atom. The highest BCUT2D eigenvalue weighted by Crippen LogP contribution is 2.22. The van der Waals surface area contributed by atoms with Crippen molar-refractivity contribution >= 4 is 17.7 Å². The minimum atomic E-state index is 0.00347. The molecule has 0 bridgehead atoms. The fourth-order valence-corrected chi connectivity index (χ4v) is 2.38. The predicted molar refractivity (Wildman–Crippen MR) is 81.9 cm³/mol. The molecule has 0 saturated heterocycles. The molecule has 21 heavy (non-hydrogen) atoms. The lowest BCUT2D eigenvalue weighted by Gasteiger charge is -2.16. The number of hydrogen-bond donors (Lipinski definition) is 1. The van der Waals surface area contributed by atoms with Gasteiger partial charge in [-0.15, -0.1) is 10.2 Å². The summed E-state index contributed by atoms with van der Waals surface area (Å²) in [7, 11) is 1.86.